The second-order valence-electron chi connectivity index (χ2n) is 7.09. The Labute approximate surface area is 148 Å². The number of unbranched alkanes of at least 4 members (excludes halogenated alkanes) is 9. The first-order valence-corrected chi connectivity index (χ1v) is 10.9. The Balaban J connectivity index is 3.60. The molecular formula is C17H35NO3S2. The topological polar surface area (TPSA) is 66.4 Å². The number of hydrogen-bond donors (Lipinski definition) is 2. The highest BCUT2D eigenvalue weighted by Gasteiger charge is 2.25. The highest BCUT2D eigenvalue weighted by molar-refractivity contribution is 7.85. The SMILES string of the molecule is CCCCCCCCCCCCC(=S)NC(C)(C)CS(=O)(=O)O. The van der Waals surface area contributed by atoms with Gasteiger partial charge in [0.15, 0.2) is 0 Å². The maximum absolute atomic E-state index is 10.9. The lowest BCUT2D eigenvalue weighted by molar-refractivity contribution is 0.444. The fraction of sp³-hybridized carbons (Fsp3) is 0.941. The lowest BCUT2D eigenvalue weighted by atomic mass is 10.1. The second kappa shape index (κ2) is 12.2. The largest absolute Gasteiger partial charge is 0.374 e. The van der Waals surface area contributed by atoms with Crippen LogP contribution in [0.4, 0.5) is 0 Å². The van der Waals surface area contributed by atoms with E-state index in [1.807, 2.05) is 0 Å². The molecule has 0 unspecified atom stereocenters. The van der Waals surface area contributed by atoms with Crippen LogP contribution in [-0.4, -0.2) is 29.3 Å². The van der Waals surface area contributed by atoms with Crippen molar-refractivity contribution in [1.82, 2.24) is 5.32 Å². The molecule has 2 N–H and O–H groups in total. The van der Waals surface area contributed by atoms with Gasteiger partial charge in [0, 0.05) is 5.54 Å². The molecule has 0 aromatic heterocycles. The summed E-state index contributed by atoms with van der Waals surface area (Å²) in [4.78, 5) is 0.679. The number of hydrogen-bond acceptors (Lipinski definition) is 3. The van der Waals surface area contributed by atoms with E-state index in [0.29, 0.717) is 4.99 Å². The van der Waals surface area contributed by atoms with Crippen LogP contribution in [0.15, 0.2) is 0 Å². The van der Waals surface area contributed by atoms with Crippen molar-refractivity contribution in [2.24, 2.45) is 0 Å². The summed E-state index contributed by atoms with van der Waals surface area (Å²) in [5.41, 5.74) is -0.733. The van der Waals surface area contributed by atoms with E-state index in [-0.39, 0.29) is 5.75 Å². The Morgan fingerprint density at radius 1 is 0.957 bits per heavy atom. The zero-order valence-electron chi connectivity index (χ0n) is 15.1. The normalized spacial score (nSPS) is 12.3. The molecule has 0 aliphatic heterocycles. The minimum Gasteiger partial charge on any atom is -0.374 e. The van der Waals surface area contributed by atoms with Crippen molar-refractivity contribution in [2.75, 3.05) is 5.75 Å². The molecule has 0 radical (unpaired) electrons. The van der Waals surface area contributed by atoms with E-state index < -0.39 is 15.7 Å². The highest BCUT2D eigenvalue weighted by Crippen LogP contribution is 2.12. The molecule has 0 rings (SSSR count). The van der Waals surface area contributed by atoms with Gasteiger partial charge >= 0.3 is 0 Å². The molecule has 0 aliphatic carbocycles. The Bertz CT molecular complexity index is 420. The monoisotopic (exact) mass is 365 g/mol. The van der Waals surface area contributed by atoms with Crippen LogP contribution < -0.4 is 5.32 Å². The van der Waals surface area contributed by atoms with E-state index >= 15 is 0 Å². The van der Waals surface area contributed by atoms with Gasteiger partial charge in [-0.2, -0.15) is 8.42 Å². The smallest absolute Gasteiger partial charge is 0.267 e. The lowest BCUT2D eigenvalue weighted by Crippen LogP contribution is -2.47. The van der Waals surface area contributed by atoms with Gasteiger partial charge in [0.25, 0.3) is 10.1 Å². The van der Waals surface area contributed by atoms with E-state index in [1.54, 1.807) is 13.8 Å². The van der Waals surface area contributed by atoms with Crippen LogP contribution in [-0.2, 0) is 10.1 Å². The third kappa shape index (κ3) is 16.4. The number of nitrogens with one attached hydrogen (secondary N) is 1. The van der Waals surface area contributed by atoms with E-state index in [2.05, 4.69) is 12.2 Å². The van der Waals surface area contributed by atoms with Crippen LogP contribution in [0, 0.1) is 0 Å². The van der Waals surface area contributed by atoms with Gasteiger partial charge in [-0.15, -0.1) is 0 Å². The molecular weight excluding hydrogens is 330 g/mol. The zero-order chi connectivity index (χ0) is 17.8. The fourth-order valence-corrected chi connectivity index (χ4v) is 4.11. The molecule has 0 atom stereocenters. The molecule has 0 aromatic carbocycles. The molecule has 23 heavy (non-hydrogen) atoms. The van der Waals surface area contributed by atoms with E-state index in [4.69, 9.17) is 16.8 Å². The average Bonchev–Trinajstić information content (AvgIpc) is 2.37. The Morgan fingerprint density at radius 2 is 1.39 bits per heavy atom. The Hall–Kier alpha value is -0.200. The Morgan fingerprint density at radius 3 is 1.83 bits per heavy atom. The van der Waals surface area contributed by atoms with Crippen molar-refractivity contribution < 1.29 is 13.0 Å². The van der Waals surface area contributed by atoms with E-state index in [0.717, 1.165) is 19.3 Å². The van der Waals surface area contributed by atoms with Crippen molar-refractivity contribution in [3.8, 4) is 0 Å². The first-order valence-electron chi connectivity index (χ1n) is 8.92. The maximum Gasteiger partial charge on any atom is 0.267 e. The first kappa shape index (κ1) is 22.8. The van der Waals surface area contributed by atoms with Gasteiger partial charge in [-0.1, -0.05) is 76.9 Å². The first-order chi connectivity index (χ1) is 10.7. The molecule has 0 aromatic rings. The summed E-state index contributed by atoms with van der Waals surface area (Å²) in [6, 6.07) is 0. The van der Waals surface area contributed by atoms with E-state index in [9.17, 15) is 8.42 Å². The molecule has 4 nitrogen and oxygen atoms in total. The summed E-state index contributed by atoms with van der Waals surface area (Å²) in [5, 5.41) is 3.04. The van der Waals surface area contributed by atoms with Gasteiger partial charge in [0.05, 0.1) is 10.7 Å². The van der Waals surface area contributed by atoms with Crippen LogP contribution in [0.25, 0.3) is 0 Å². The maximum atomic E-state index is 10.9. The van der Waals surface area contributed by atoms with Gasteiger partial charge in [-0.3, -0.25) is 4.55 Å². The van der Waals surface area contributed by atoms with Gasteiger partial charge in [0.1, 0.15) is 0 Å². The summed E-state index contributed by atoms with van der Waals surface area (Å²) in [6.07, 6.45) is 13.6. The lowest BCUT2D eigenvalue weighted by Gasteiger charge is -2.26. The molecule has 0 fully saturated rings. The van der Waals surface area contributed by atoms with Gasteiger partial charge < -0.3 is 5.32 Å². The minimum atomic E-state index is -3.99. The molecule has 0 amide bonds. The molecule has 0 aliphatic rings. The van der Waals surface area contributed by atoms with Gasteiger partial charge in [-0.05, 0) is 26.7 Å². The molecule has 138 valence electrons. The highest BCUT2D eigenvalue weighted by atomic mass is 32.2. The molecule has 0 saturated carbocycles. The third-order valence-corrected chi connectivity index (χ3v) is 5.17. The number of rotatable bonds is 14. The fourth-order valence-electron chi connectivity index (χ4n) is 2.71. The van der Waals surface area contributed by atoms with Crippen molar-refractivity contribution in [2.45, 2.75) is 96.9 Å². The van der Waals surface area contributed by atoms with Crippen molar-refractivity contribution >= 4 is 27.3 Å². The molecule has 0 spiro atoms. The average molecular weight is 366 g/mol. The molecule has 6 heteroatoms. The molecule has 0 saturated heterocycles. The molecule has 0 heterocycles. The predicted octanol–water partition coefficient (Wildman–Crippen LogP) is 4.88. The number of thiocarbonyl (C=S) groups is 1. The van der Waals surface area contributed by atoms with Crippen molar-refractivity contribution in [3.05, 3.63) is 0 Å². The quantitative estimate of drug-likeness (QED) is 0.261. The van der Waals surface area contributed by atoms with Crippen LogP contribution >= 0.6 is 12.2 Å². The third-order valence-electron chi connectivity index (χ3n) is 3.78. The summed E-state index contributed by atoms with van der Waals surface area (Å²) in [6.45, 7) is 5.69. The van der Waals surface area contributed by atoms with Gasteiger partial charge in [-0.25, -0.2) is 0 Å². The summed E-state index contributed by atoms with van der Waals surface area (Å²) in [7, 11) is -3.99. The van der Waals surface area contributed by atoms with Crippen LogP contribution in [0.2, 0.25) is 0 Å². The van der Waals surface area contributed by atoms with Crippen LogP contribution in [0.5, 0.6) is 0 Å². The van der Waals surface area contributed by atoms with Crippen molar-refractivity contribution in [3.63, 3.8) is 0 Å². The van der Waals surface area contributed by atoms with Crippen molar-refractivity contribution in [1.29, 1.82) is 0 Å². The molecule has 0 bridgehead atoms. The van der Waals surface area contributed by atoms with E-state index in [1.165, 1.54) is 51.4 Å². The Kier molecular flexibility index (Phi) is 12.1. The standard InChI is InChI=1S/C17H35NO3S2/c1-4-5-6-7-8-9-10-11-12-13-14-16(22)18-17(2,3)15-23(19,20)21/h4-15H2,1-3H3,(H,18,22)(H,19,20,21). The predicted molar refractivity (Wildman–Crippen MR) is 103 cm³/mol. The second-order valence-corrected chi connectivity index (χ2v) is 9.04. The summed E-state index contributed by atoms with van der Waals surface area (Å²) >= 11 is 5.26. The summed E-state index contributed by atoms with van der Waals surface area (Å²) < 4.78 is 30.8. The van der Waals surface area contributed by atoms with Gasteiger partial charge in [0.2, 0.25) is 0 Å². The summed E-state index contributed by atoms with van der Waals surface area (Å²) in [5.74, 6) is -0.335. The zero-order valence-corrected chi connectivity index (χ0v) is 16.7. The minimum absolute atomic E-state index is 0.335. The van der Waals surface area contributed by atoms with Crippen LogP contribution in [0.3, 0.4) is 0 Å². The van der Waals surface area contributed by atoms with Crippen LogP contribution in [0.1, 0.15) is 91.4 Å².